The van der Waals surface area contributed by atoms with Crippen molar-refractivity contribution in [3.63, 3.8) is 0 Å². The summed E-state index contributed by atoms with van der Waals surface area (Å²) in [4.78, 5) is 14.5. The summed E-state index contributed by atoms with van der Waals surface area (Å²) in [6.07, 6.45) is 0. The number of sulfone groups is 1. The first-order valence-corrected chi connectivity index (χ1v) is 9.90. The Balaban J connectivity index is 1.80. The van der Waals surface area contributed by atoms with Crippen molar-refractivity contribution in [3.05, 3.63) is 84.3 Å². The highest BCUT2D eigenvalue weighted by molar-refractivity contribution is 7.90. The highest BCUT2D eigenvalue weighted by Gasteiger charge is 2.22. The van der Waals surface area contributed by atoms with Gasteiger partial charge in [0.1, 0.15) is 11.5 Å². The van der Waals surface area contributed by atoms with Crippen molar-refractivity contribution in [2.45, 2.75) is 17.6 Å². The predicted molar refractivity (Wildman–Crippen MR) is 99.8 cm³/mol. The highest BCUT2D eigenvalue weighted by Crippen LogP contribution is 2.21. The van der Waals surface area contributed by atoms with Gasteiger partial charge in [0.05, 0.1) is 4.90 Å². The lowest BCUT2D eigenvalue weighted by atomic mass is 10.2. The first-order valence-electron chi connectivity index (χ1n) is 8.24. The van der Waals surface area contributed by atoms with Crippen molar-refractivity contribution in [3.8, 4) is 0 Å². The fourth-order valence-electron chi connectivity index (χ4n) is 2.65. The molecule has 6 heteroatoms. The van der Waals surface area contributed by atoms with Crippen LogP contribution in [0.15, 0.2) is 82.1 Å². The quantitative estimate of drug-likeness (QED) is 0.660. The molecule has 0 bridgehead atoms. The fourth-order valence-corrected chi connectivity index (χ4v) is 3.92. The molecule has 0 aliphatic heterocycles. The molecule has 0 spiro atoms. The number of carbonyl (C=O) groups excluding carboxylic acids is 1. The molecule has 3 rings (SSSR count). The number of benzene rings is 2. The van der Waals surface area contributed by atoms with Gasteiger partial charge in [-0.3, -0.25) is 4.79 Å². The van der Waals surface area contributed by atoms with Crippen LogP contribution in [-0.4, -0.2) is 20.9 Å². The molecular weight excluding hydrogens is 350 g/mol. The minimum atomic E-state index is -3.52. The van der Waals surface area contributed by atoms with E-state index in [1.807, 2.05) is 37.3 Å². The van der Waals surface area contributed by atoms with E-state index in [1.165, 1.54) is 12.1 Å². The molecule has 0 saturated carbocycles. The van der Waals surface area contributed by atoms with Crippen LogP contribution in [0.2, 0.25) is 0 Å². The largest absolute Gasteiger partial charge is 0.455 e. The summed E-state index contributed by atoms with van der Waals surface area (Å²) in [5.41, 5.74) is 0.759. The summed E-state index contributed by atoms with van der Waals surface area (Å²) in [6, 6.07) is 20.5. The van der Waals surface area contributed by atoms with Gasteiger partial charge < -0.3 is 9.32 Å². The Bertz CT molecular complexity index is 979. The van der Waals surface area contributed by atoms with Gasteiger partial charge in [-0.15, -0.1) is 0 Å². The third-order valence-electron chi connectivity index (χ3n) is 3.94. The predicted octanol–water partition coefficient (Wildman–Crippen LogP) is 3.92. The van der Waals surface area contributed by atoms with E-state index < -0.39 is 9.84 Å². The minimum Gasteiger partial charge on any atom is -0.455 e. The molecule has 2 aromatic carbocycles. The van der Waals surface area contributed by atoms with Crippen LogP contribution < -0.4 is 4.90 Å². The normalized spacial score (nSPS) is 11.3. The molecule has 5 nitrogen and oxygen atoms in total. The molecule has 0 unspecified atom stereocenters. The van der Waals surface area contributed by atoms with Gasteiger partial charge in [-0.2, -0.15) is 0 Å². The average Bonchev–Trinajstić information content (AvgIpc) is 3.12. The molecule has 134 valence electrons. The van der Waals surface area contributed by atoms with Gasteiger partial charge in [-0.1, -0.05) is 36.4 Å². The van der Waals surface area contributed by atoms with E-state index in [0.717, 1.165) is 5.69 Å². The first kappa shape index (κ1) is 17.9. The monoisotopic (exact) mass is 369 g/mol. The van der Waals surface area contributed by atoms with Crippen molar-refractivity contribution in [1.82, 2.24) is 0 Å². The highest BCUT2D eigenvalue weighted by atomic mass is 32.2. The second kappa shape index (κ2) is 7.58. The van der Waals surface area contributed by atoms with Crippen LogP contribution in [0.4, 0.5) is 5.69 Å². The molecule has 0 aliphatic carbocycles. The zero-order valence-electron chi connectivity index (χ0n) is 14.3. The van der Waals surface area contributed by atoms with E-state index in [2.05, 4.69) is 0 Å². The van der Waals surface area contributed by atoms with Gasteiger partial charge >= 0.3 is 0 Å². The lowest BCUT2D eigenvalue weighted by Crippen LogP contribution is -2.30. The number of para-hydroxylation sites is 1. The van der Waals surface area contributed by atoms with Crippen molar-refractivity contribution in [2.75, 3.05) is 11.4 Å². The number of hydrogen-bond donors (Lipinski definition) is 0. The van der Waals surface area contributed by atoms with Crippen molar-refractivity contribution in [1.29, 1.82) is 0 Å². The van der Waals surface area contributed by atoms with E-state index in [4.69, 9.17) is 4.42 Å². The van der Waals surface area contributed by atoms with Gasteiger partial charge in [0.2, 0.25) is 0 Å². The van der Waals surface area contributed by atoms with Gasteiger partial charge in [-0.25, -0.2) is 8.42 Å². The fraction of sp³-hybridized carbons (Fsp3) is 0.150. The second-order valence-corrected chi connectivity index (χ2v) is 7.71. The molecule has 1 aromatic heterocycles. The van der Waals surface area contributed by atoms with Crippen LogP contribution in [0.25, 0.3) is 0 Å². The van der Waals surface area contributed by atoms with Crippen LogP contribution >= 0.6 is 0 Å². The van der Waals surface area contributed by atoms with Crippen LogP contribution in [-0.2, 0) is 15.6 Å². The Morgan fingerprint density at radius 1 is 0.923 bits per heavy atom. The van der Waals surface area contributed by atoms with E-state index in [0.29, 0.717) is 6.54 Å². The average molecular weight is 369 g/mol. The van der Waals surface area contributed by atoms with Gasteiger partial charge in [0, 0.05) is 12.2 Å². The van der Waals surface area contributed by atoms with Crippen molar-refractivity contribution >= 4 is 21.4 Å². The molecule has 0 saturated heterocycles. The smallest absolute Gasteiger partial charge is 0.293 e. The lowest BCUT2D eigenvalue weighted by molar-refractivity contribution is 0.0960. The second-order valence-electron chi connectivity index (χ2n) is 5.72. The van der Waals surface area contributed by atoms with Crippen molar-refractivity contribution < 1.29 is 17.6 Å². The molecule has 0 aliphatic rings. The Morgan fingerprint density at radius 3 is 2.15 bits per heavy atom. The van der Waals surface area contributed by atoms with Crippen LogP contribution in [0.1, 0.15) is 23.2 Å². The zero-order chi connectivity index (χ0) is 18.6. The molecule has 0 N–H and O–H groups in total. The van der Waals surface area contributed by atoms with Crippen LogP contribution in [0, 0.1) is 0 Å². The maximum Gasteiger partial charge on any atom is 0.293 e. The van der Waals surface area contributed by atoms with Crippen molar-refractivity contribution in [2.24, 2.45) is 0 Å². The Labute approximate surface area is 152 Å². The summed E-state index contributed by atoms with van der Waals surface area (Å²) < 4.78 is 30.4. The van der Waals surface area contributed by atoms with Gasteiger partial charge in [-0.05, 0) is 43.3 Å². The Kier molecular flexibility index (Phi) is 5.23. The molecular formula is C20H19NO4S. The molecule has 3 aromatic rings. The molecule has 0 radical (unpaired) electrons. The number of anilines is 1. The number of hydrogen-bond acceptors (Lipinski definition) is 4. The number of amides is 1. The minimum absolute atomic E-state index is 0.119. The van der Waals surface area contributed by atoms with E-state index in [-0.39, 0.29) is 28.1 Å². The summed E-state index contributed by atoms with van der Waals surface area (Å²) in [5, 5.41) is 0. The van der Waals surface area contributed by atoms with Gasteiger partial charge in [0.25, 0.3) is 5.91 Å². The van der Waals surface area contributed by atoms with Gasteiger partial charge in [0.15, 0.2) is 15.6 Å². The van der Waals surface area contributed by atoms with E-state index in [1.54, 1.807) is 35.2 Å². The lowest BCUT2D eigenvalue weighted by Gasteiger charge is -2.19. The maximum absolute atomic E-state index is 12.7. The Hall–Kier alpha value is -2.86. The maximum atomic E-state index is 12.7. The summed E-state index contributed by atoms with van der Waals surface area (Å²) in [6.45, 7) is 2.34. The summed E-state index contributed by atoms with van der Waals surface area (Å²) in [5.74, 6) is -0.237. The number of carbonyl (C=O) groups is 1. The Morgan fingerprint density at radius 2 is 1.54 bits per heavy atom. The molecule has 0 fully saturated rings. The molecule has 0 atom stereocenters. The van der Waals surface area contributed by atoms with Crippen LogP contribution in [0.3, 0.4) is 0 Å². The standard InChI is InChI=1S/C20H19NO4S/c1-2-21(16-9-5-3-6-10-16)20(22)19-14-13-17(25-19)15-26(23,24)18-11-7-4-8-12-18/h3-14H,2,15H2,1H3. The summed E-state index contributed by atoms with van der Waals surface area (Å²) >= 11 is 0. The topological polar surface area (TPSA) is 67.6 Å². The third-order valence-corrected chi connectivity index (χ3v) is 5.59. The number of nitrogens with zero attached hydrogens (tertiary/aromatic N) is 1. The van der Waals surface area contributed by atoms with E-state index in [9.17, 15) is 13.2 Å². The number of furan rings is 1. The molecule has 1 amide bonds. The van der Waals surface area contributed by atoms with E-state index >= 15 is 0 Å². The molecule has 26 heavy (non-hydrogen) atoms. The number of rotatable bonds is 6. The zero-order valence-corrected chi connectivity index (χ0v) is 15.1. The third kappa shape index (κ3) is 3.86. The summed E-state index contributed by atoms with van der Waals surface area (Å²) in [7, 11) is -3.52. The SMILES string of the molecule is CCN(C(=O)c1ccc(CS(=O)(=O)c2ccccc2)o1)c1ccccc1. The molecule has 1 heterocycles. The first-order chi connectivity index (χ1) is 12.5. The van der Waals surface area contributed by atoms with Crippen LogP contribution in [0.5, 0.6) is 0 Å².